The second-order valence-corrected chi connectivity index (χ2v) is 6.42. The van der Waals surface area contributed by atoms with Crippen molar-refractivity contribution in [2.75, 3.05) is 0 Å². The fourth-order valence-corrected chi connectivity index (χ4v) is 3.11. The van der Waals surface area contributed by atoms with Crippen molar-refractivity contribution in [3.63, 3.8) is 0 Å². The molecule has 0 saturated heterocycles. The number of benzene rings is 2. The van der Waals surface area contributed by atoms with Crippen LogP contribution in [0.25, 0.3) is 10.2 Å². The number of carbonyl (C=O) groups is 1. The zero-order valence-corrected chi connectivity index (χ0v) is 13.7. The van der Waals surface area contributed by atoms with Gasteiger partial charge in [-0.3, -0.25) is 0 Å². The molecule has 2 amide bonds. The first-order chi connectivity index (χ1) is 11.9. The van der Waals surface area contributed by atoms with Crippen LogP contribution < -0.4 is 10.6 Å². The fraction of sp³-hybridized carbons (Fsp3) is 0.176. The Morgan fingerprint density at radius 2 is 1.68 bits per heavy atom. The summed E-state index contributed by atoms with van der Waals surface area (Å²) in [4.78, 5) is 16.2. The number of amides is 2. The Morgan fingerprint density at radius 1 is 1.00 bits per heavy atom. The molecule has 0 saturated carbocycles. The molecule has 2 N–H and O–H groups in total. The van der Waals surface area contributed by atoms with Crippen LogP contribution in [0.15, 0.2) is 48.5 Å². The van der Waals surface area contributed by atoms with Gasteiger partial charge in [0.15, 0.2) is 0 Å². The van der Waals surface area contributed by atoms with E-state index >= 15 is 0 Å². The van der Waals surface area contributed by atoms with E-state index in [1.807, 2.05) is 24.3 Å². The number of hydrogen-bond acceptors (Lipinski definition) is 3. The Bertz CT molecular complexity index is 842. The topological polar surface area (TPSA) is 54.0 Å². The number of hydrogen-bond donors (Lipinski definition) is 2. The summed E-state index contributed by atoms with van der Waals surface area (Å²) in [5.74, 6) is 0. The molecule has 25 heavy (non-hydrogen) atoms. The highest BCUT2D eigenvalue weighted by Gasteiger charge is 2.29. The Balaban J connectivity index is 1.49. The van der Waals surface area contributed by atoms with Gasteiger partial charge in [0.2, 0.25) is 0 Å². The highest BCUT2D eigenvalue weighted by Crippen LogP contribution is 2.29. The predicted molar refractivity (Wildman–Crippen MR) is 90.1 cm³/mol. The lowest BCUT2D eigenvalue weighted by molar-refractivity contribution is -0.137. The van der Waals surface area contributed by atoms with Gasteiger partial charge in [0.25, 0.3) is 0 Å². The summed E-state index contributed by atoms with van der Waals surface area (Å²) in [7, 11) is 0. The van der Waals surface area contributed by atoms with Crippen molar-refractivity contribution in [1.29, 1.82) is 0 Å². The van der Waals surface area contributed by atoms with Gasteiger partial charge >= 0.3 is 12.2 Å². The molecule has 0 fully saturated rings. The minimum absolute atomic E-state index is 0.143. The molecule has 0 bridgehead atoms. The van der Waals surface area contributed by atoms with Gasteiger partial charge in [0.05, 0.1) is 22.3 Å². The molecule has 0 aliphatic rings. The highest BCUT2D eigenvalue weighted by atomic mass is 32.1. The molecule has 3 rings (SSSR count). The number of carbonyl (C=O) groups excluding carboxylic acids is 1. The van der Waals surface area contributed by atoms with E-state index < -0.39 is 17.8 Å². The normalized spacial score (nSPS) is 11.5. The maximum Gasteiger partial charge on any atom is 0.416 e. The number of alkyl halides is 3. The molecular formula is C17H14F3N3OS. The lowest BCUT2D eigenvalue weighted by Gasteiger charge is -2.09. The Morgan fingerprint density at radius 3 is 2.36 bits per heavy atom. The van der Waals surface area contributed by atoms with Gasteiger partial charge < -0.3 is 10.6 Å². The Labute approximate surface area is 145 Å². The summed E-state index contributed by atoms with van der Waals surface area (Å²) in [6.07, 6.45) is -4.36. The number of urea groups is 1. The van der Waals surface area contributed by atoms with E-state index in [-0.39, 0.29) is 13.1 Å². The SMILES string of the molecule is O=C(NCc1ccc(C(F)(F)F)cc1)NCc1nc2ccccc2s1. The van der Waals surface area contributed by atoms with Crippen LogP contribution in [0.5, 0.6) is 0 Å². The second kappa shape index (κ2) is 7.10. The number of rotatable bonds is 4. The zero-order valence-electron chi connectivity index (χ0n) is 12.9. The van der Waals surface area contributed by atoms with Gasteiger partial charge in [0.1, 0.15) is 5.01 Å². The van der Waals surface area contributed by atoms with Gasteiger partial charge in [-0.2, -0.15) is 13.2 Å². The lowest BCUT2D eigenvalue weighted by atomic mass is 10.1. The standard InChI is InChI=1S/C17H14F3N3OS/c18-17(19,20)12-7-5-11(6-8-12)9-21-16(24)22-10-15-23-13-3-1-2-4-14(13)25-15/h1-8H,9-10H2,(H2,21,22,24). The maximum atomic E-state index is 12.5. The lowest BCUT2D eigenvalue weighted by Crippen LogP contribution is -2.34. The van der Waals surface area contributed by atoms with Crippen LogP contribution in [0.2, 0.25) is 0 Å². The smallest absolute Gasteiger partial charge is 0.334 e. The third kappa shape index (κ3) is 4.48. The number of halogens is 3. The average Bonchev–Trinajstić information content (AvgIpc) is 3.00. The molecule has 0 spiro atoms. The van der Waals surface area contributed by atoms with Crippen molar-refractivity contribution in [3.05, 3.63) is 64.7 Å². The summed E-state index contributed by atoms with van der Waals surface area (Å²) in [6, 6.07) is 12.0. The number of nitrogens with one attached hydrogen (secondary N) is 2. The van der Waals surface area contributed by atoms with Crippen molar-refractivity contribution >= 4 is 27.6 Å². The quantitative estimate of drug-likeness (QED) is 0.724. The van der Waals surface area contributed by atoms with Gasteiger partial charge in [0, 0.05) is 6.54 Å². The number of para-hydroxylation sites is 1. The van der Waals surface area contributed by atoms with Gasteiger partial charge in [-0.15, -0.1) is 11.3 Å². The number of aromatic nitrogens is 1. The summed E-state index contributed by atoms with van der Waals surface area (Å²) in [5, 5.41) is 6.07. The number of nitrogens with zero attached hydrogens (tertiary/aromatic N) is 1. The minimum Gasteiger partial charge on any atom is -0.334 e. The third-order valence-electron chi connectivity index (χ3n) is 3.47. The largest absolute Gasteiger partial charge is 0.416 e. The molecule has 2 aromatic carbocycles. The van der Waals surface area contributed by atoms with E-state index in [0.29, 0.717) is 5.56 Å². The van der Waals surface area contributed by atoms with Gasteiger partial charge in [-0.25, -0.2) is 9.78 Å². The van der Waals surface area contributed by atoms with Gasteiger partial charge in [-0.1, -0.05) is 24.3 Å². The molecule has 8 heteroatoms. The second-order valence-electron chi connectivity index (χ2n) is 5.31. The van der Waals surface area contributed by atoms with Crippen molar-refractivity contribution in [3.8, 4) is 0 Å². The predicted octanol–water partition coefficient (Wildman–Crippen LogP) is 4.31. The van der Waals surface area contributed by atoms with Crippen LogP contribution in [0.3, 0.4) is 0 Å². The first kappa shape index (κ1) is 17.2. The highest BCUT2D eigenvalue weighted by molar-refractivity contribution is 7.18. The molecule has 0 aliphatic carbocycles. The molecule has 1 heterocycles. The number of fused-ring (bicyclic) bond motifs is 1. The first-order valence-corrected chi connectivity index (χ1v) is 8.26. The van der Waals surface area contributed by atoms with E-state index in [1.165, 1.54) is 23.5 Å². The molecule has 0 atom stereocenters. The van der Waals surface area contributed by atoms with Crippen LogP contribution >= 0.6 is 11.3 Å². The van der Waals surface area contributed by atoms with Crippen LogP contribution in [-0.2, 0) is 19.3 Å². The molecule has 0 unspecified atom stereocenters. The summed E-state index contributed by atoms with van der Waals surface area (Å²) < 4.78 is 38.5. The van der Waals surface area contributed by atoms with E-state index in [9.17, 15) is 18.0 Å². The first-order valence-electron chi connectivity index (χ1n) is 7.44. The summed E-state index contributed by atoms with van der Waals surface area (Å²) in [5.41, 5.74) is 0.758. The molecular weight excluding hydrogens is 351 g/mol. The van der Waals surface area contributed by atoms with Gasteiger partial charge in [-0.05, 0) is 29.8 Å². The minimum atomic E-state index is -4.36. The van der Waals surface area contributed by atoms with E-state index in [4.69, 9.17) is 0 Å². The van der Waals surface area contributed by atoms with E-state index in [0.717, 1.165) is 27.4 Å². The maximum absolute atomic E-state index is 12.5. The molecule has 0 aliphatic heterocycles. The summed E-state index contributed by atoms with van der Waals surface area (Å²) in [6.45, 7) is 0.433. The van der Waals surface area contributed by atoms with E-state index in [1.54, 1.807) is 0 Å². The monoisotopic (exact) mass is 365 g/mol. The molecule has 130 valence electrons. The zero-order chi connectivity index (χ0) is 17.9. The molecule has 1 aromatic heterocycles. The fourth-order valence-electron chi connectivity index (χ4n) is 2.21. The van der Waals surface area contributed by atoms with Crippen molar-refractivity contribution in [1.82, 2.24) is 15.6 Å². The third-order valence-corrected chi connectivity index (χ3v) is 4.51. The molecule has 0 radical (unpaired) electrons. The Hall–Kier alpha value is -2.61. The number of thiazole rings is 1. The van der Waals surface area contributed by atoms with Crippen LogP contribution in [-0.4, -0.2) is 11.0 Å². The molecule has 3 aromatic rings. The van der Waals surface area contributed by atoms with E-state index in [2.05, 4.69) is 15.6 Å². The van der Waals surface area contributed by atoms with Crippen molar-refractivity contribution < 1.29 is 18.0 Å². The molecule has 4 nitrogen and oxygen atoms in total. The van der Waals surface area contributed by atoms with Crippen LogP contribution in [0, 0.1) is 0 Å². The van der Waals surface area contributed by atoms with Crippen molar-refractivity contribution in [2.45, 2.75) is 19.3 Å². The van der Waals surface area contributed by atoms with Crippen LogP contribution in [0.1, 0.15) is 16.1 Å². The van der Waals surface area contributed by atoms with Crippen LogP contribution in [0.4, 0.5) is 18.0 Å². The average molecular weight is 365 g/mol. The van der Waals surface area contributed by atoms with Crippen molar-refractivity contribution in [2.24, 2.45) is 0 Å². The summed E-state index contributed by atoms with van der Waals surface area (Å²) >= 11 is 1.50. The Kier molecular flexibility index (Phi) is 4.89.